The van der Waals surface area contributed by atoms with Gasteiger partial charge < -0.3 is 19.3 Å². The van der Waals surface area contributed by atoms with E-state index in [1.807, 2.05) is 0 Å². The standard InChI is InChI=1S/C19H16ClN3O4/c1-11-21-19(27-23-11)13-5-3-12(4-6-13)18(24)22-15-10-17-16(9-14(15)20)25-7-2-8-26-17/h3-6,9-10H,2,7-8H2,1H3,(H,22,24). The van der Waals surface area contributed by atoms with Gasteiger partial charge in [0.05, 0.1) is 23.9 Å². The van der Waals surface area contributed by atoms with Gasteiger partial charge in [-0.05, 0) is 31.2 Å². The molecule has 1 aliphatic heterocycles. The summed E-state index contributed by atoms with van der Waals surface area (Å²) in [5.74, 6) is 1.81. The number of benzene rings is 2. The van der Waals surface area contributed by atoms with Crippen molar-refractivity contribution in [3.8, 4) is 23.0 Å². The van der Waals surface area contributed by atoms with Crippen LogP contribution in [-0.4, -0.2) is 29.3 Å². The number of hydrogen-bond acceptors (Lipinski definition) is 6. The van der Waals surface area contributed by atoms with Crippen LogP contribution in [0.15, 0.2) is 40.9 Å². The summed E-state index contributed by atoms with van der Waals surface area (Å²) in [7, 11) is 0. The predicted octanol–water partition coefficient (Wildman–Crippen LogP) is 4.11. The molecular weight excluding hydrogens is 370 g/mol. The third-order valence-corrected chi connectivity index (χ3v) is 4.32. The minimum Gasteiger partial charge on any atom is -0.490 e. The van der Waals surface area contributed by atoms with E-state index >= 15 is 0 Å². The first-order chi connectivity index (χ1) is 13.1. The molecule has 0 saturated heterocycles. The summed E-state index contributed by atoms with van der Waals surface area (Å²) in [6.45, 7) is 2.87. The molecule has 8 heteroatoms. The van der Waals surface area contributed by atoms with Gasteiger partial charge in [0, 0.05) is 29.7 Å². The van der Waals surface area contributed by atoms with Gasteiger partial charge in [-0.2, -0.15) is 4.98 Å². The quantitative estimate of drug-likeness (QED) is 0.730. The fraction of sp³-hybridized carbons (Fsp3) is 0.211. The third-order valence-electron chi connectivity index (χ3n) is 4.01. The molecule has 1 N–H and O–H groups in total. The summed E-state index contributed by atoms with van der Waals surface area (Å²) in [6.07, 6.45) is 0.792. The van der Waals surface area contributed by atoms with Crippen molar-refractivity contribution in [3.05, 3.63) is 52.8 Å². The zero-order chi connectivity index (χ0) is 18.8. The van der Waals surface area contributed by atoms with Gasteiger partial charge in [-0.1, -0.05) is 16.8 Å². The molecule has 3 aromatic rings. The van der Waals surface area contributed by atoms with Crippen LogP contribution in [0.3, 0.4) is 0 Å². The molecule has 1 amide bonds. The molecule has 0 atom stereocenters. The Balaban J connectivity index is 1.53. The maximum absolute atomic E-state index is 12.6. The van der Waals surface area contributed by atoms with Crippen molar-refractivity contribution in [2.75, 3.05) is 18.5 Å². The number of amides is 1. The Morgan fingerprint density at radius 2 is 1.81 bits per heavy atom. The van der Waals surface area contributed by atoms with E-state index in [0.29, 0.717) is 52.7 Å². The normalized spacial score (nSPS) is 13.1. The molecule has 0 saturated carbocycles. The number of carbonyl (C=O) groups excluding carboxylic acids is 1. The lowest BCUT2D eigenvalue weighted by Gasteiger charge is -2.12. The highest BCUT2D eigenvalue weighted by Gasteiger charge is 2.16. The minimum absolute atomic E-state index is 0.292. The van der Waals surface area contributed by atoms with Crippen LogP contribution >= 0.6 is 11.6 Å². The zero-order valence-electron chi connectivity index (χ0n) is 14.5. The van der Waals surface area contributed by atoms with Gasteiger partial charge in [-0.15, -0.1) is 0 Å². The van der Waals surface area contributed by atoms with Crippen LogP contribution in [0.25, 0.3) is 11.5 Å². The Hall–Kier alpha value is -3.06. The molecule has 27 heavy (non-hydrogen) atoms. The Kier molecular flexibility index (Phi) is 4.68. The Morgan fingerprint density at radius 1 is 1.11 bits per heavy atom. The average Bonchev–Trinajstić information content (AvgIpc) is 2.98. The zero-order valence-corrected chi connectivity index (χ0v) is 15.2. The van der Waals surface area contributed by atoms with Crippen molar-refractivity contribution < 1.29 is 18.8 Å². The van der Waals surface area contributed by atoms with Gasteiger partial charge in [0.1, 0.15) is 0 Å². The second-order valence-electron chi connectivity index (χ2n) is 6.01. The summed E-state index contributed by atoms with van der Waals surface area (Å²) in [4.78, 5) is 16.7. The van der Waals surface area contributed by atoms with E-state index < -0.39 is 0 Å². The molecule has 0 unspecified atom stereocenters. The third kappa shape index (κ3) is 3.73. The van der Waals surface area contributed by atoms with Gasteiger partial charge >= 0.3 is 0 Å². The van der Waals surface area contributed by atoms with Gasteiger partial charge in [-0.3, -0.25) is 4.79 Å². The maximum atomic E-state index is 12.6. The van der Waals surface area contributed by atoms with Crippen molar-refractivity contribution in [1.29, 1.82) is 0 Å². The fourth-order valence-corrected chi connectivity index (χ4v) is 2.85. The highest BCUT2D eigenvalue weighted by Crippen LogP contribution is 2.37. The largest absolute Gasteiger partial charge is 0.490 e. The number of nitrogens with one attached hydrogen (secondary N) is 1. The number of nitrogens with zero attached hydrogens (tertiary/aromatic N) is 2. The van der Waals surface area contributed by atoms with E-state index in [4.69, 9.17) is 25.6 Å². The van der Waals surface area contributed by atoms with Gasteiger partial charge in [0.15, 0.2) is 17.3 Å². The molecular formula is C19H16ClN3O4. The molecule has 1 aliphatic rings. The monoisotopic (exact) mass is 385 g/mol. The molecule has 0 aliphatic carbocycles. The van der Waals surface area contributed by atoms with Crippen LogP contribution in [0.2, 0.25) is 5.02 Å². The summed E-state index contributed by atoms with van der Waals surface area (Å²) in [5.41, 5.74) is 1.67. The van der Waals surface area contributed by atoms with Crippen LogP contribution in [0.5, 0.6) is 11.5 Å². The first-order valence-electron chi connectivity index (χ1n) is 8.41. The Labute approximate surface area is 160 Å². The SMILES string of the molecule is Cc1noc(-c2ccc(C(=O)Nc3cc4c(cc3Cl)OCCCO4)cc2)n1. The topological polar surface area (TPSA) is 86.5 Å². The van der Waals surface area contributed by atoms with Crippen molar-refractivity contribution in [2.45, 2.75) is 13.3 Å². The lowest BCUT2D eigenvalue weighted by molar-refractivity contribution is 0.102. The van der Waals surface area contributed by atoms with E-state index in [9.17, 15) is 4.79 Å². The number of rotatable bonds is 3. The number of aromatic nitrogens is 2. The molecule has 0 radical (unpaired) electrons. The fourth-order valence-electron chi connectivity index (χ4n) is 2.65. The number of hydrogen-bond donors (Lipinski definition) is 1. The molecule has 0 bridgehead atoms. The lowest BCUT2D eigenvalue weighted by atomic mass is 10.1. The van der Waals surface area contributed by atoms with Crippen molar-refractivity contribution in [2.24, 2.45) is 0 Å². The summed E-state index contributed by atoms with van der Waals surface area (Å²) >= 11 is 6.28. The van der Waals surface area contributed by atoms with E-state index in [2.05, 4.69) is 15.5 Å². The number of carbonyl (C=O) groups is 1. The van der Waals surface area contributed by atoms with Crippen molar-refractivity contribution in [1.82, 2.24) is 10.1 Å². The number of aryl methyl sites for hydroxylation is 1. The predicted molar refractivity (Wildman–Crippen MR) is 99.5 cm³/mol. The molecule has 7 nitrogen and oxygen atoms in total. The molecule has 0 fully saturated rings. The van der Waals surface area contributed by atoms with Crippen molar-refractivity contribution >= 4 is 23.2 Å². The van der Waals surface area contributed by atoms with Crippen LogP contribution in [0.4, 0.5) is 5.69 Å². The van der Waals surface area contributed by atoms with Gasteiger partial charge in [-0.25, -0.2) is 0 Å². The van der Waals surface area contributed by atoms with Gasteiger partial charge in [0.25, 0.3) is 11.8 Å². The average molecular weight is 386 g/mol. The van der Waals surface area contributed by atoms with Gasteiger partial charge in [0.2, 0.25) is 0 Å². The summed E-state index contributed by atoms with van der Waals surface area (Å²) in [5, 5.41) is 6.94. The highest BCUT2D eigenvalue weighted by molar-refractivity contribution is 6.34. The van der Waals surface area contributed by atoms with E-state index in [0.717, 1.165) is 12.0 Å². The van der Waals surface area contributed by atoms with E-state index in [1.54, 1.807) is 43.3 Å². The molecule has 138 valence electrons. The van der Waals surface area contributed by atoms with Crippen LogP contribution < -0.4 is 14.8 Å². The molecule has 4 rings (SSSR count). The number of ether oxygens (including phenoxy) is 2. The van der Waals surface area contributed by atoms with E-state index in [1.165, 1.54) is 0 Å². The van der Waals surface area contributed by atoms with Crippen LogP contribution in [0, 0.1) is 6.92 Å². The molecule has 0 spiro atoms. The Morgan fingerprint density at radius 3 is 2.48 bits per heavy atom. The number of anilines is 1. The lowest BCUT2D eigenvalue weighted by Crippen LogP contribution is -2.12. The second kappa shape index (κ2) is 7.28. The minimum atomic E-state index is -0.292. The second-order valence-corrected chi connectivity index (χ2v) is 6.41. The Bertz CT molecular complexity index is 985. The number of halogens is 1. The number of fused-ring (bicyclic) bond motifs is 1. The van der Waals surface area contributed by atoms with Crippen LogP contribution in [-0.2, 0) is 0 Å². The first kappa shape index (κ1) is 17.4. The first-order valence-corrected chi connectivity index (χ1v) is 8.79. The summed E-state index contributed by atoms with van der Waals surface area (Å²) < 4.78 is 16.3. The van der Waals surface area contributed by atoms with Crippen molar-refractivity contribution in [3.63, 3.8) is 0 Å². The van der Waals surface area contributed by atoms with E-state index in [-0.39, 0.29) is 5.91 Å². The highest BCUT2D eigenvalue weighted by atomic mass is 35.5. The molecule has 2 heterocycles. The maximum Gasteiger partial charge on any atom is 0.257 e. The molecule has 2 aromatic carbocycles. The molecule has 1 aromatic heterocycles. The van der Waals surface area contributed by atoms with Crippen LogP contribution in [0.1, 0.15) is 22.6 Å². The summed E-state index contributed by atoms with van der Waals surface area (Å²) in [6, 6.07) is 10.2. The smallest absolute Gasteiger partial charge is 0.257 e.